The van der Waals surface area contributed by atoms with E-state index in [1.165, 1.54) is 13.2 Å². The quantitative estimate of drug-likeness (QED) is 0.586. The van der Waals surface area contributed by atoms with Crippen LogP contribution in [0.3, 0.4) is 0 Å². The molecule has 0 saturated heterocycles. The minimum Gasteiger partial charge on any atom is -0.468 e. The number of dihydropyridines is 1. The lowest BCUT2D eigenvalue weighted by atomic mass is 9.69. The van der Waals surface area contributed by atoms with Gasteiger partial charge in [0.05, 0.1) is 25.2 Å². The van der Waals surface area contributed by atoms with Crippen molar-refractivity contribution in [3.63, 3.8) is 0 Å². The molecule has 160 valence electrons. The second-order valence-electron chi connectivity index (χ2n) is 7.69. The summed E-state index contributed by atoms with van der Waals surface area (Å²) in [4.78, 5) is 38.7. The lowest BCUT2D eigenvalue weighted by molar-refractivity contribution is -0.151. The maximum absolute atomic E-state index is 14.9. The normalized spacial score (nSPS) is 23.6. The third-order valence-corrected chi connectivity index (χ3v) is 5.62. The first-order chi connectivity index (χ1) is 14.3. The summed E-state index contributed by atoms with van der Waals surface area (Å²) in [6.45, 7) is 5.59. The Labute approximate surface area is 175 Å². The summed E-state index contributed by atoms with van der Waals surface area (Å²) >= 11 is 0. The lowest BCUT2D eigenvalue weighted by Gasteiger charge is -2.38. The number of carbonyl (C=O) groups is 3. The maximum Gasteiger partial charge on any atom is 0.336 e. The van der Waals surface area contributed by atoms with Crippen molar-refractivity contribution in [1.29, 1.82) is 0 Å². The summed E-state index contributed by atoms with van der Waals surface area (Å²) < 4.78 is 25.0. The highest BCUT2D eigenvalue weighted by Gasteiger charge is 2.47. The van der Waals surface area contributed by atoms with Crippen LogP contribution in [0.5, 0.6) is 0 Å². The summed E-state index contributed by atoms with van der Waals surface area (Å²) in [5.41, 5.74) is 1.72. The molecule has 0 radical (unpaired) electrons. The molecule has 0 saturated carbocycles. The van der Waals surface area contributed by atoms with E-state index < -0.39 is 35.4 Å². The molecule has 7 heteroatoms. The number of benzene rings is 1. The van der Waals surface area contributed by atoms with Crippen LogP contribution in [-0.2, 0) is 23.9 Å². The van der Waals surface area contributed by atoms with E-state index in [-0.39, 0.29) is 29.2 Å². The Morgan fingerprint density at radius 2 is 1.97 bits per heavy atom. The van der Waals surface area contributed by atoms with Crippen LogP contribution >= 0.6 is 0 Å². The monoisotopic (exact) mass is 415 g/mol. The minimum absolute atomic E-state index is 0.179. The van der Waals surface area contributed by atoms with Gasteiger partial charge in [0, 0.05) is 22.5 Å². The van der Waals surface area contributed by atoms with Crippen molar-refractivity contribution in [3.8, 4) is 0 Å². The number of nitrogens with one attached hydrogen (secondary N) is 1. The fraction of sp³-hybridized carbons (Fsp3) is 0.435. The molecule has 0 bridgehead atoms. The number of ketones is 1. The van der Waals surface area contributed by atoms with Crippen molar-refractivity contribution in [2.24, 2.45) is 11.8 Å². The van der Waals surface area contributed by atoms with E-state index in [1.54, 1.807) is 32.0 Å². The zero-order valence-electron chi connectivity index (χ0n) is 17.6. The SMILES string of the molecule is CCCOC(=O)C1=C(C)NC2=C(C(=O)[C@H](C(=O)OC)[C@H](C)C2)[C@H]1c1ccccc1F. The fourth-order valence-electron chi connectivity index (χ4n) is 4.24. The number of Topliss-reactive ketones (excluding diaryl/α,β-unsaturated/α-hetero) is 1. The van der Waals surface area contributed by atoms with Gasteiger partial charge in [0.15, 0.2) is 5.78 Å². The van der Waals surface area contributed by atoms with Gasteiger partial charge >= 0.3 is 11.9 Å². The molecule has 30 heavy (non-hydrogen) atoms. The molecule has 2 aliphatic rings. The van der Waals surface area contributed by atoms with Gasteiger partial charge in [0.25, 0.3) is 0 Å². The summed E-state index contributed by atoms with van der Waals surface area (Å²) in [5.74, 6) is -4.49. The molecule has 1 aromatic carbocycles. The Kier molecular flexibility index (Phi) is 6.39. The zero-order chi connectivity index (χ0) is 22.0. The van der Waals surface area contributed by atoms with E-state index in [0.717, 1.165) is 0 Å². The van der Waals surface area contributed by atoms with Crippen LogP contribution in [0.4, 0.5) is 4.39 Å². The van der Waals surface area contributed by atoms with Crippen LogP contribution in [-0.4, -0.2) is 31.4 Å². The predicted octanol–water partition coefficient (Wildman–Crippen LogP) is 3.39. The van der Waals surface area contributed by atoms with Crippen LogP contribution in [0.15, 0.2) is 46.8 Å². The highest BCUT2D eigenvalue weighted by molar-refractivity contribution is 6.12. The first-order valence-electron chi connectivity index (χ1n) is 10.1. The molecule has 6 nitrogen and oxygen atoms in total. The summed E-state index contributed by atoms with van der Waals surface area (Å²) in [6.07, 6.45) is 1.03. The molecular formula is C23H26FNO5. The highest BCUT2D eigenvalue weighted by atomic mass is 19.1. The van der Waals surface area contributed by atoms with Gasteiger partial charge in [0.2, 0.25) is 0 Å². The minimum atomic E-state index is -1.00. The molecule has 1 heterocycles. The lowest BCUT2D eigenvalue weighted by Crippen LogP contribution is -2.43. The predicted molar refractivity (Wildman–Crippen MR) is 108 cm³/mol. The van der Waals surface area contributed by atoms with Gasteiger partial charge in [-0.25, -0.2) is 9.18 Å². The van der Waals surface area contributed by atoms with Gasteiger partial charge < -0.3 is 14.8 Å². The Balaban J connectivity index is 2.18. The van der Waals surface area contributed by atoms with E-state index in [0.29, 0.717) is 24.2 Å². The van der Waals surface area contributed by atoms with Crippen molar-refractivity contribution in [2.45, 2.75) is 39.5 Å². The van der Waals surface area contributed by atoms with Crippen molar-refractivity contribution in [3.05, 3.63) is 58.2 Å². The highest BCUT2D eigenvalue weighted by Crippen LogP contribution is 2.45. The van der Waals surface area contributed by atoms with Gasteiger partial charge in [-0.1, -0.05) is 32.0 Å². The van der Waals surface area contributed by atoms with Gasteiger partial charge in [0.1, 0.15) is 11.7 Å². The van der Waals surface area contributed by atoms with E-state index in [2.05, 4.69) is 5.32 Å². The number of hydrogen-bond acceptors (Lipinski definition) is 6. The number of methoxy groups -OCH3 is 1. The Morgan fingerprint density at radius 3 is 2.60 bits per heavy atom. The van der Waals surface area contributed by atoms with E-state index in [4.69, 9.17) is 9.47 Å². The van der Waals surface area contributed by atoms with Crippen LogP contribution < -0.4 is 5.32 Å². The smallest absolute Gasteiger partial charge is 0.336 e. The first kappa shape index (κ1) is 21.7. The van der Waals surface area contributed by atoms with Crippen molar-refractivity contribution < 1.29 is 28.2 Å². The molecular weight excluding hydrogens is 389 g/mol. The standard InChI is InChI=1S/C23H26FNO5/c1-5-10-30-23(28)18-13(3)25-16-11-12(2)17(22(27)29-4)21(26)20(16)19(18)14-8-6-7-9-15(14)24/h6-9,12,17,19,25H,5,10-11H2,1-4H3/t12-,17-,19+/m1/s1. The molecule has 1 aliphatic carbocycles. The number of rotatable bonds is 5. The number of hydrogen-bond donors (Lipinski definition) is 1. The van der Waals surface area contributed by atoms with Crippen molar-refractivity contribution in [1.82, 2.24) is 5.32 Å². The number of carbonyl (C=O) groups excluding carboxylic acids is 3. The molecule has 1 N–H and O–H groups in total. The van der Waals surface area contributed by atoms with Crippen molar-refractivity contribution >= 4 is 17.7 Å². The van der Waals surface area contributed by atoms with Crippen LogP contribution in [0, 0.1) is 17.7 Å². The summed E-state index contributed by atoms with van der Waals surface area (Å²) in [5, 5.41) is 3.15. The number of esters is 2. The molecule has 3 rings (SSSR count). The number of ether oxygens (including phenoxy) is 2. The average molecular weight is 415 g/mol. The second-order valence-corrected chi connectivity index (χ2v) is 7.69. The Bertz CT molecular complexity index is 949. The molecule has 0 spiro atoms. The Morgan fingerprint density at radius 1 is 1.27 bits per heavy atom. The van der Waals surface area contributed by atoms with Crippen LogP contribution in [0.1, 0.15) is 45.1 Å². The molecule has 0 unspecified atom stereocenters. The summed E-state index contributed by atoms with van der Waals surface area (Å²) in [6, 6.07) is 6.03. The second kappa shape index (κ2) is 8.81. The molecule has 1 aromatic rings. The van der Waals surface area contributed by atoms with E-state index in [9.17, 15) is 18.8 Å². The topological polar surface area (TPSA) is 81.7 Å². The first-order valence-corrected chi connectivity index (χ1v) is 10.1. The Hall–Kier alpha value is -2.96. The molecule has 1 aliphatic heterocycles. The van der Waals surface area contributed by atoms with E-state index >= 15 is 0 Å². The molecule has 0 amide bonds. The molecule has 0 aromatic heterocycles. The average Bonchev–Trinajstić information content (AvgIpc) is 2.71. The fourth-order valence-corrected chi connectivity index (χ4v) is 4.24. The summed E-state index contributed by atoms with van der Waals surface area (Å²) in [7, 11) is 1.23. The molecule has 0 fully saturated rings. The van der Waals surface area contributed by atoms with Gasteiger partial charge in [-0.15, -0.1) is 0 Å². The number of allylic oxidation sites excluding steroid dienone is 3. The van der Waals surface area contributed by atoms with Gasteiger partial charge in [-0.3, -0.25) is 9.59 Å². The van der Waals surface area contributed by atoms with Gasteiger partial charge in [-0.05, 0) is 31.7 Å². The van der Waals surface area contributed by atoms with Crippen LogP contribution in [0.25, 0.3) is 0 Å². The maximum atomic E-state index is 14.9. The third kappa shape index (κ3) is 3.76. The zero-order valence-corrected chi connectivity index (χ0v) is 17.6. The third-order valence-electron chi connectivity index (χ3n) is 5.62. The van der Waals surface area contributed by atoms with Crippen molar-refractivity contribution in [2.75, 3.05) is 13.7 Å². The van der Waals surface area contributed by atoms with Crippen LogP contribution in [0.2, 0.25) is 0 Å². The molecule has 3 atom stereocenters. The van der Waals surface area contributed by atoms with E-state index in [1.807, 2.05) is 6.92 Å². The number of halogens is 1. The largest absolute Gasteiger partial charge is 0.468 e. The van der Waals surface area contributed by atoms with Gasteiger partial charge in [-0.2, -0.15) is 0 Å².